The Labute approximate surface area is 253 Å². The van der Waals surface area contributed by atoms with Crippen LogP contribution >= 0.6 is 24.0 Å². The molecule has 1 saturated heterocycles. The monoisotopic (exact) mass is 612 g/mol. The molecule has 0 unspecified atom stereocenters. The minimum Gasteiger partial charge on any atom is -0.489 e. The maximum Gasteiger partial charge on any atom is 0.264 e. The van der Waals surface area contributed by atoms with Crippen LogP contribution in [-0.4, -0.2) is 51.2 Å². The minimum absolute atomic E-state index is 0. The van der Waals surface area contributed by atoms with Gasteiger partial charge in [-0.15, -0.1) is 12.4 Å². The summed E-state index contributed by atoms with van der Waals surface area (Å²) in [5.41, 5.74) is 1.80. The highest BCUT2D eigenvalue weighted by molar-refractivity contribution is 7.92. The molecule has 0 aromatic heterocycles. The molecule has 6 rings (SSSR count). The fraction of sp³-hybridized carbons (Fsp3) is 0.312. The van der Waals surface area contributed by atoms with Gasteiger partial charge in [0.25, 0.3) is 10.0 Å². The van der Waals surface area contributed by atoms with Crippen LogP contribution in [0.3, 0.4) is 0 Å². The van der Waals surface area contributed by atoms with E-state index in [1.54, 1.807) is 12.1 Å². The van der Waals surface area contributed by atoms with E-state index < -0.39 is 15.6 Å². The fourth-order valence-electron chi connectivity index (χ4n) is 5.80. The van der Waals surface area contributed by atoms with Gasteiger partial charge in [-0.1, -0.05) is 60.1 Å². The molecule has 2 heterocycles. The van der Waals surface area contributed by atoms with Gasteiger partial charge >= 0.3 is 0 Å². The van der Waals surface area contributed by atoms with Crippen LogP contribution in [0.4, 0.5) is 5.69 Å². The Hall–Kier alpha value is -2.81. The minimum atomic E-state index is -3.74. The molecule has 4 aromatic carbocycles. The SMILES string of the molecule is Cl.O=S(=O)(c1ccc2ccccc2c1)N1CCOc2ccc(CCCN3CCC(O)(c4ccc(Cl)cc4)CC3)cc21. The first-order chi connectivity index (χ1) is 19.3. The van der Waals surface area contributed by atoms with Gasteiger partial charge in [0, 0.05) is 18.1 Å². The number of hydrogen-bond acceptors (Lipinski definition) is 5. The number of sulfonamides is 1. The maximum atomic E-state index is 13.7. The molecule has 2 aliphatic rings. The number of halogens is 2. The first kappa shape index (κ1) is 29.7. The quantitative estimate of drug-likeness (QED) is 0.261. The highest BCUT2D eigenvalue weighted by Crippen LogP contribution is 2.37. The summed E-state index contributed by atoms with van der Waals surface area (Å²) in [5, 5.41) is 13.7. The molecule has 9 heteroatoms. The number of hydrogen-bond donors (Lipinski definition) is 1. The van der Waals surface area contributed by atoms with Crippen LogP contribution in [0.5, 0.6) is 5.75 Å². The van der Waals surface area contributed by atoms with Crippen LogP contribution in [0.15, 0.2) is 89.8 Å². The van der Waals surface area contributed by atoms with E-state index in [-0.39, 0.29) is 23.8 Å². The first-order valence-corrected chi connectivity index (χ1v) is 15.6. The average Bonchev–Trinajstić information content (AvgIpc) is 2.98. The zero-order chi connectivity index (χ0) is 27.7. The lowest BCUT2D eigenvalue weighted by Gasteiger charge is -2.38. The summed E-state index contributed by atoms with van der Waals surface area (Å²) in [5.74, 6) is 0.594. The molecule has 41 heavy (non-hydrogen) atoms. The predicted molar refractivity (Wildman–Crippen MR) is 167 cm³/mol. The van der Waals surface area contributed by atoms with Crippen molar-refractivity contribution in [1.82, 2.24) is 4.90 Å². The second-order valence-electron chi connectivity index (χ2n) is 10.7. The van der Waals surface area contributed by atoms with E-state index in [0.29, 0.717) is 35.9 Å². The van der Waals surface area contributed by atoms with E-state index in [9.17, 15) is 13.5 Å². The van der Waals surface area contributed by atoms with Gasteiger partial charge in [-0.25, -0.2) is 8.42 Å². The molecule has 0 saturated carbocycles. The number of likely N-dealkylation sites (tertiary alicyclic amines) is 1. The molecule has 6 nitrogen and oxygen atoms in total. The van der Waals surface area contributed by atoms with E-state index in [4.69, 9.17) is 16.3 Å². The molecule has 4 aromatic rings. The van der Waals surface area contributed by atoms with Crippen molar-refractivity contribution in [3.05, 3.63) is 101 Å². The highest BCUT2D eigenvalue weighted by atomic mass is 35.5. The molecule has 2 aliphatic heterocycles. The van der Waals surface area contributed by atoms with Crippen molar-refractivity contribution in [2.24, 2.45) is 0 Å². The Kier molecular flexibility index (Phi) is 8.83. The number of benzene rings is 4. The van der Waals surface area contributed by atoms with Crippen LogP contribution in [-0.2, 0) is 22.0 Å². The summed E-state index contributed by atoms with van der Waals surface area (Å²) >= 11 is 6.01. The van der Waals surface area contributed by atoms with Gasteiger partial charge in [-0.2, -0.15) is 0 Å². The van der Waals surface area contributed by atoms with Crippen molar-refractivity contribution >= 4 is 50.5 Å². The predicted octanol–water partition coefficient (Wildman–Crippen LogP) is 6.42. The van der Waals surface area contributed by atoms with Gasteiger partial charge in [0.2, 0.25) is 0 Å². The zero-order valence-electron chi connectivity index (χ0n) is 22.7. The third-order valence-electron chi connectivity index (χ3n) is 8.16. The van der Waals surface area contributed by atoms with Gasteiger partial charge < -0.3 is 14.7 Å². The summed E-state index contributed by atoms with van der Waals surface area (Å²) in [4.78, 5) is 2.68. The largest absolute Gasteiger partial charge is 0.489 e. The molecule has 0 aliphatic carbocycles. The topological polar surface area (TPSA) is 70.1 Å². The van der Waals surface area contributed by atoms with Gasteiger partial charge in [-0.3, -0.25) is 4.31 Å². The Morgan fingerprint density at radius 2 is 1.61 bits per heavy atom. The Bertz CT molecular complexity index is 1620. The maximum absolute atomic E-state index is 13.7. The normalized spacial score (nSPS) is 17.0. The van der Waals surface area contributed by atoms with E-state index in [0.717, 1.165) is 54.4 Å². The Morgan fingerprint density at radius 1 is 0.878 bits per heavy atom. The van der Waals surface area contributed by atoms with Gasteiger partial charge in [0.1, 0.15) is 12.4 Å². The molecule has 0 bridgehead atoms. The molecule has 0 spiro atoms. The lowest BCUT2D eigenvalue weighted by atomic mass is 9.84. The van der Waals surface area contributed by atoms with Crippen LogP contribution in [0, 0.1) is 0 Å². The molecule has 1 N–H and O–H groups in total. The lowest BCUT2D eigenvalue weighted by molar-refractivity contribution is -0.0259. The number of ether oxygens (including phenoxy) is 1. The van der Waals surface area contributed by atoms with Crippen molar-refractivity contribution in [2.75, 3.05) is 37.1 Å². The molecular weight excluding hydrogens is 579 g/mol. The summed E-state index contributed by atoms with van der Waals surface area (Å²) in [6, 6.07) is 26.4. The second kappa shape index (κ2) is 12.2. The number of rotatable bonds is 7. The summed E-state index contributed by atoms with van der Waals surface area (Å²) in [6.07, 6.45) is 3.14. The summed E-state index contributed by atoms with van der Waals surface area (Å²) in [6.45, 7) is 3.17. The van der Waals surface area contributed by atoms with Crippen molar-refractivity contribution in [3.63, 3.8) is 0 Å². The van der Waals surface area contributed by atoms with Crippen LogP contribution in [0.2, 0.25) is 5.02 Å². The van der Waals surface area contributed by atoms with Crippen molar-refractivity contribution in [1.29, 1.82) is 0 Å². The van der Waals surface area contributed by atoms with Gasteiger partial charge in [0.15, 0.2) is 0 Å². The lowest BCUT2D eigenvalue weighted by Crippen LogP contribution is -2.42. The highest BCUT2D eigenvalue weighted by Gasteiger charge is 2.34. The Balaban J connectivity index is 0.00000337. The number of aryl methyl sites for hydroxylation is 1. The van der Waals surface area contributed by atoms with E-state index in [1.807, 2.05) is 72.8 Å². The van der Waals surface area contributed by atoms with Crippen LogP contribution in [0.1, 0.15) is 30.4 Å². The van der Waals surface area contributed by atoms with Crippen LogP contribution in [0.25, 0.3) is 10.8 Å². The molecule has 0 amide bonds. The Morgan fingerprint density at radius 3 is 2.37 bits per heavy atom. The summed E-state index contributed by atoms with van der Waals surface area (Å²) in [7, 11) is -3.74. The number of aliphatic hydroxyl groups is 1. The fourth-order valence-corrected chi connectivity index (χ4v) is 7.41. The van der Waals surface area contributed by atoms with Crippen molar-refractivity contribution in [3.8, 4) is 5.75 Å². The van der Waals surface area contributed by atoms with E-state index in [2.05, 4.69) is 4.90 Å². The average molecular weight is 614 g/mol. The second-order valence-corrected chi connectivity index (χ2v) is 13.0. The van der Waals surface area contributed by atoms with Crippen LogP contribution < -0.4 is 9.04 Å². The summed E-state index contributed by atoms with van der Waals surface area (Å²) < 4.78 is 34.8. The molecule has 0 atom stereocenters. The van der Waals surface area contributed by atoms with E-state index >= 15 is 0 Å². The number of nitrogens with zero attached hydrogens (tertiary/aromatic N) is 2. The molecule has 1 fully saturated rings. The van der Waals surface area contributed by atoms with Gasteiger partial charge in [-0.05, 0) is 90.5 Å². The third-order valence-corrected chi connectivity index (χ3v) is 10.2. The third kappa shape index (κ3) is 6.20. The first-order valence-electron chi connectivity index (χ1n) is 13.8. The molecule has 216 valence electrons. The van der Waals surface area contributed by atoms with E-state index in [1.165, 1.54) is 4.31 Å². The number of fused-ring (bicyclic) bond motifs is 2. The van der Waals surface area contributed by atoms with Gasteiger partial charge in [0.05, 0.1) is 22.7 Å². The van der Waals surface area contributed by atoms with Crippen molar-refractivity contribution < 1.29 is 18.3 Å². The standard InChI is InChI=1S/C32H33ClN2O4S.ClH/c33-28-11-9-27(10-12-28)32(36)15-18-34(19-16-32)17-3-4-24-7-14-31-30(22-24)35(20-21-39-31)40(37,38)29-13-8-25-5-1-2-6-26(25)23-29;/h1-2,5-14,22-23,36H,3-4,15-21H2;1H. The smallest absolute Gasteiger partial charge is 0.264 e. The number of piperidine rings is 1. The zero-order valence-corrected chi connectivity index (χ0v) is 25.1. The number of anilines is 1. The molecule has 0 radical (unpaired) electrons. The molecular formula is C32H34Cl2N2O4S. The van der Waals surface area contributed by atoms with Crippen molar-refractivity contribution in [2.45, 2.75) is 36.2 Å².